The van der Waals surface area contributed by atoms with Crippen LogP contribution in [-0.4, -0.2) is 54.6 Å². The van der Waals surface area contributed by atoms with E-state index >= 15 is 0 Å². The lowest BCUT2D eigenvalue weighted by Crippen LogP contribution is -2.50. The lowest BCUT2D eigenvalue weighted by molar-refractivity contribution is -0.384. The first-order valence-corrected chi connectivity index (χ1v) is 12.0. The fraction of sp³-hybridized carbons (Fsp3) is 0.261. The van der Waals surface area contributed by atoms with E-state index in [1.54, 1.807) is 11.0 Å². The molecule has 2 heterocycles. The van der Waals surface area contributed by atoms with Crippen molar-refractivity contribution in [2.24, 2.45) is 0 Å². The van der Waals surface area contributed by atoms with Crippen LogP contribution >= 0.6 is 0 Å². The van der Waals surface area contributed by atoms with E-state index in [1.165, 1.54) is 34.6 Å². The molecule has 1 fully saturated rings. The van der Waals surface area contributed by atoms with Crippen LogP contribution in [0.25, 0.3) is 17.0 Å². The average Bonchev–Trinajstić information content (AvgIpc) is 3.20. The molecule has 2 aromatic carbocycles. The minimum absolute atomic E-state index is 0.00768. The van der Waals surface area contributed by atoms with E-state index in [-0.39, 0.29) is 42.7 Å². The molecule has 0 N–H and O–H groups in total. The highest BCUT2D eigenvalue weighted by Gasteiger charge is 2.30. The number of nitrogens with zero attached hydrogens (tertiary/aromatic N) is 3. The van der Waals surface area contributed by atoms with Crippen LogP contribution < -0.4 is 0 Å². The number of carbonyl (C=O) groups excluding carboxylic acids is 1. The Kier molecular flexibility index (Phi) is 6.30. The van der Waals surface area contributed by atoms with E-state index in [0.29, 0.717) is 6.42 Å². The summed E-state index contributed by atoms with van der Waals surface area (Å²) in [6.07, 6.45) is 3.95. The highest BCUT2D eigenvalue weighted by atomic mass is 32.2. The number of nitro benzene ring substituents is 1. The van der Waals surface area contributed by atoms with Gasteiger partial charge < -0.3 is 9.32 Å². The molecule has 1 saturated heterocycles. The van der Waals surface area contributed by atoms with Gasteiger partial charge in [-0.1, -0.05) is 25.1 Å². The zero-order valence-corrected chi connectivity index (χ0v) is 18.8. The molecule has 0 saturated carbocycles. The molecule has 1 aromatic heterocycles. The van der Waals surface area contributed by atoms with Gasteiger partial charge in [0.1, 0.15) is 11.3 Å². The Bertz CT molecular complexity index is 1320. The molecular formula is C23H23N3O6S. The van der Waals surface area contributed by atoms with Gasteiger partial charge in [0.15, 0.2) is 0 Å². The second-order valence-electron chi connectivity index (χ2n) is 7.60. The van der Waals surface area contributed by atoms with Crippen LogP contribution in [-0.2, 0) is 21.2 Å². The minimum Gasteiger partial charge on any atom is -0.460 e. The summed E-state index contributed by atoms with van der Waals surface area (Å²) in [5.41, 5.74) is 1.47. The number of carbonyl (C=O) groups is 1. The second kappa shape index (κ2) is 9.16. The van der Waals surface area contributed by atoms with E-state index in [9.17, 15) is 23.3 Å². The van der Waals surface area contributed by atoms with Crippen LogP contribution in [0.2, 0.25) is 0 Å². The third-order valence-corrected chi connectivity index (χ3v) is 7.57. The molecule has 1 aliphatic rings. The summed E-state index contributed by atoms with van der Waals surface area (Å²) in [6, 6.07) is 12.4. The lowest BCUT2D eigenvalue weighted by atomic mass is 10.1. The van der Waals surface area contributed by atoms with Gasteiger partial charge in [0, 0.05) is 61.8 Å². The highest BCUT2D eigenvalue weighted by Crippen LogP contribution is 2.27. The van der Waals surface area contributed by atoms with Crippen LogP contribution in [0.1, 0.15) is 18.2 Å². The van der Waals surface area contributed by atoms with Crippen LogP contribution in [0.3, 0.4) is 0 Å². The predicted molar refractivity (Wildman–Crippen MR) is 123 cm³/mol. The first-order chi connectivity index (χ1) is 15.8. The number of furan rings is 1. The zero-order valence-electron chi connectivity index (χ0n) is 18.0. The number of piperazine rings is 1. The van der Waals surface area contributed by atoms with E-state index in [2.05, 4.69) is 0 Å². The normalized spacial score (nSPS) is 15.4. The van der Waals surface area contributed by atoms with Gasteiger partial charge in [0.25, 0.3) is 5.69 Å². The van der Waals surface area contributed by atoms with Gasteiger partial charge in [-0.25, -0.2) is 8.42 Å². The van der Waals surface area contributed by atoms with Crippen molar-refractivity contribution < 1.29 is 22.6 Å². The Labute approximate surface area is 191 Å². The number of rotatable bonds is 6. The fourth-order valence-corrected chi connectivity index (χ4v) is 5.28. The number of amides is 1. The Hall–Kier alpha value is -3.50. The minimum atomic E-state index is -3.79. The number of hydrogen-bond donors (Lipinski definition) is 0. The number of sulfonamides is 1. The van der Waals surface area contributed by atoms with Gasteiger partial charge in [0.05, 0.1) is 9.82 Å². The molecule has 0 spiro atoms. The molecule has 1 aliphatic heterocycles. The second-order valence-corrected chi connectivity index (χ2v) is 9.54. The molecule has 0 aliphatic carbocycles. The average molecular weight is 470 g/mol. The summed E-state index contributed by atoms with van der Waals surface area (Å²) in [7, 11) is -3.79. The van der Waals surface area contributed by atoms with Gasteiger partial charge in [-0.2, -0.15) is 4.31 Å². The van der Waals surface area contributed by atoms with E-state index in [1.807, 2.05) is 31.2 Å². The zero-order chi connectivity index (χ0) is 23.6. The van der Waals surface area contributed by atoms with E-state index < -0.39 is 14.9 Å². The van der Waals surface area contributed by atoms with Crippen LogP contribution in [0.4, 0.5) is 5.69 Å². The van der Waals surface area contributed by atoms with Crippen molar-refractivity contribution in [1.82, 2.24) is 9.21 Å². The third kappa shape index (κ3) is 4.53. The molecule has 0 bridgehead atoms. The molecule has 1 amide bonds. The monoisotopic (exact) mass is 469 g/mol. The summed E-state index contributed by atoms with van der Waals surface area (Å²) < 4.78 is 32.8. The summed E-state index contributed by atoms with van der Waals surface area (Å²) in [6.45, 7) is 2.79. The standard InChI is InChI=1S/C23H23N3O6S/c1-2-21-20(19-5-3-4-6-22(19)32-21)11-12-23(27)24-13-15-25(16-14-24)33(30,31)18-9-7-17(8-10-18)26(28)29/h3-12H,2,13-16H2,1H3/b12-11+. The number of non-ortho nitro benzene ring substituents is 1. The van der Waals surface area contributed by atoms with Crippen molar-refractivity contribution >= 4 is 38.7 Å². The van der Waals surface area contributed by atoms with Crippen molar-refractivity contribution in [2.45, 2.75) is 18.2 Å². The van der Waals surface area contributed by atoms with Gasteiger partial charge in [-0.15, -0.1) is 0 Å². The van der Waals surface area contributed by atoms with Gasteiger partial charge in [-0.05, 0) is 24.3 Å². The smallest absolute Gasteiger partial charge is 0.269 e. The van der Waals surface area contributed by atoms with Crippen molar-refractivity contribution in [3.05, 3.63) is 76.0 Å². The highest BCUT2D eigenvalue weighted by molar-refractivity contribution is 7.89. The molecule has 33 heavy (non-hydrogen) atoms. The van der Waals surface area contributed by atoms with Crippen molar-refractivity contribution in [2.75, 3.05) is 26.2 Å². The van der Waals surface area contributed by atoms with Crippen LogP contribution in [0.15, 0.2) is 63.9 Å². The number of benzene rings is 2. The quantitative estimate of drug-likeness (QED) is 0.310. The van der Waals surface area contributed by atoms with Gasteiger partial charge in [0.2, 0.25) is 15.9 Å². The topological polar surface area (TPSA) is 114 Å². The molecule has 172 valence electrons. The number of nitro groups is 1. The predicted octanol–water partition coefficient (Wildman–Crippen LogP) is 3.45. The molecule has 9 nitrogen and oxygen atoms in total. The van der Waals surface area contributed by atoms with Gasteiger partial charge in [-0.3, -0.25) is 14.9 Å². The summed E-state index contributed by atoms with van der Waals surface area (Å²) >= 11 is 0. The largest absolute Gasteiger partial charge is 0.460 e. The molecular weight excluding hydrogens is 446 g/mol. The molecule has 0 atom stereocenters. The molecule has 4 rings (SSSR count). The molecule has 10 heteroatoms. The molecule has 3 aromatic rings. The summed E-state index contributed by atoms with van der Waals surface area (Å²) in [5, 5.41) is 11.7. The summed E-state index contributed by atoms with van der Waals surface area (Å²) in [4.78, 5) is 24.5. The first kappa shape index (κ1) is 22.7. The molecule has 0 unspecified atom stereocenters. The van der Waals surface area contributed by atoms with E-state index in [0.717, 1.165) is 22.3 Å². The first-order valence-electron chi connectivity index (χ1n) is 10.5. The fourth-order valence-electron chi connectivity index (χ4n) is 3.86. The maximum Gasteiger partial charge on any atom is 0.269 e. The third-order valence-electron chi connectivity index (χ3n) is 5.66. The Balaban J connectivity index is 1.43. The maximum atomic E-state index is 12.8. The number of para-hydroxylation sites is 1. The van der Waals surface area contributed by atoms with Crippen molar-refractivity contribution in [1.29, 1.82) is 0 Å². The Morgan fingerprint density at radius 3 is 2.39 bits per heavy atom. The van der Waals surface area contributed by atoms with Gasteiger partial charge >= 0.3 is 0 Å². The summed E-state index contributed by atoms with van der Waals surface area (Å²) in [5.74, 6) is 0.606. The van der Waals surface area contributed by atoms with E-state index in [4.69, 9.17) is 4.42 Å². The van der Waals surface area contributed by atoms with Crippen LogP contribution in [0, 0.1) is 10.1 Å². The Morgan fingerprint density at radius 1 is 1.09 bits per heavy atom. The number of fused-ring (bicyclic) bond motifs is 1. The van der Waals surface area contributed by atoms with Crippen molar-refractivity contribution in [3.8, 4) is 0 Å². The maximum absolute atomic E-state index is 12.8. The van der Waals surface area contributed by atoms with Crippen molar-refractivity contribution in [3.63, 3.8) is 0 Å². The Morgan fingerprint density at radius 2 is 1.76 bits per heavy atom. The van der Waals surface area contributed by atoms with Crippen LogP contribution in [0.5, 0.6) is 0 Å². The molecule has 0 radical (unpaired) electrons. The number of aryl methyl sites for hydroxylation is 1. The SMILES string of the molecule is CCc1oc2ccccc2c1/C=C/C(=O)N1CCN(S(=O)(=O)c2ccc([N+](=O)[O-])cc2)CC1. The number of hydrogen-bond acceptors (Lipinski definition) is 6. The lowest BCUT2D eigenvalue weighted by Gasteiger charge is -2.33.